The van der Waals surface area contributed by atoms with Gasteiger partial charge in [0, 0.05) is 36.8 Å². The van der Waals surface area contributed by atoms with Crippen LogP contribution in [0.5, 0.6) is 0 Å². The fourth-order valence-electron chi connectivity index (χ4n) is 7.02. The van der Waals surface area contributed by atoms with Crippen LogP contribution in [0.2, 0.25) is 0 Å². The molecule has 5 unspecified atom stereocenters. The summed E-state index contributed by atoms with van der Waals surface area (Å²) in [6.45, 7) is 13.4. The van der Waals surface area contributed by atoms with Crippen molar-refractivity contribution in [2.75, 3.05) is 26.3 Å². The molecule has 0 radical (unpaired) electrons. The monoisotopic (exact) mass is 580 g/mol. The molecule has 2 saturated heterocycles. The Morgan fingerprint density at radius 1 is 1.00 bits per heavy atom. The molecule has 7 heteroatoms. The Morgan fingerprint density at radius 2 is 1.80 bits per heavy atom. The maximum absolute atomic E-state index is 6.81. The number of nitrogens with zero attached hydrogens (tertiary/aromatic N) is 1. The Bertz CT molecular complexity index is 1050. The van der Waals surface area contributed by atoms with Crippen molar-refractivity contribution in [1.82, 2.24) is 20.3 Å². The van der Waals surface area contributed by atoms with E-state index in [2.05, 4.69) is 96.5 Å². The van der Waals surface area contributed by atoms with Crippen LogP contribution in [0.1, 0.15) is 80.7 Å². The van der Waals surface area contributed by atoms with E-state index in [-0.39, 0.29) is 18.6 Å². The average molecular weight is 581 g/mol. The van der Waals surface area contributed by atoms with Crippen molar-refractivity contribution in [2.24, 2.45) is 11.8 Å². The standard InChI is InChI=1S/C34H52N4O2S/c1-24(2)18-29-23-40-32-20-31(33-25(3)10-8-11-26(33)4)35-34(36-32)37-41-30-15-9-14-28(19-30)21-38(29)16-17-39-22-27-12-6-5-7-13-27/h5-8,10-13,24,28-32,34-37H,9,14-23H2,1-4H3/t28?,29-,30?,31?,32?,34?/m1/s1. The molecule has 6 atom stereocenters. The van der Waals surface area contributed by atoms with Crippen molar-refractivity contribution in [3.05, 3.63) is 70.8 Å². The van der Waals surface area contributed by atoms with E-state index >= 15 is 0 Å². The first kappa shape index (κ1) is 31.0. The highest BCUT2D eigenvalue weighted by atomic mass is 32.2. The van der Waals surface area contributed by atoms with Crippen LogP contribution in [0.4, 0.5) is 0 Å². The van der Waals surface area contributed by atoms with Crippen LogP contribution < -0.4 is 15.4 Å². The van der Waals surface area contributed by atoms with Gasteiger partial charge in [-0.3, -0.25) is 15.5 Å². The second-order valence-corrected chi connectivity index (χ2v) is 14.0. The molecule has 2 heterocycles. The van der Waals surface area contributed by atoms with Gasteiger partial charge in [-0.15, -0.1) is 0 Å². The Kier molecular flexibility index (Phi) is 11.6. The Balaban J connectivity index is 1.32. The van der Waals surface area contributed by atoms with Crippen LogP contribution in [-0.4, -0.2) is 55.0 Å². The number of rotatable bonds is 8. The van der Waals surface area contributed by atoms with Crippen molar-refractivity contribution in [2.45, 2.75) is 103 Å². The van der Waals surface area contributed by atoms with Gasteiger partial charge in [-0.2, -0.15) is 0 Å². The lowest BCUT2D eigenvalue weighted by Crippen LogP contribution is -2.61. The van der Waals surface area contributed by atoms with Gasteiger partial charge < -0.3 is 9.47 Å². The van der Waals surface area contributed by atoms with Gasteiger partial charge in [0.05, 0.1) is 19.8 Å². The number of benzene rings is 2. The molecular weight excluding hydrogens is 528 g/mol. The summed E-state index contributed by atoms with van der Waals surface area (Å²) >= 11 is 1.93. The van der Waals surface area contributed by atoms with E-state index in [1.807, 2.05) is 11.9 Å². The van der Waals surface area contributed by atoms with Gasteiger partial charge in [-0.05, 0) is 73.6 Å². The Labute approximate surface area is 252 Å². The molecule has 2 aliphatic heterocycles. The third-order valence-electron chi connectivity index (χ3n) is 9.02. The minimum atomic E-state index is -0.00988. The molecule has 2 aromatic rings. The maximum atomic E-state index is 6.81. The molecule has 0 spiro atoms. The lowest BCUT2D eigenvalue weighted by Gasteiger charge is -2.40. The van der Waals surface area contributed by atoms with Gasteiger partial charge >= 0.3 is 0 Å². The number of aryl methyl sites for hydroxylation is 2. The summed E-state index contributed by atoms with van der Waals surface area (Å²) in [5.41, 5.74) is 5.35. The molecule has 226 valence electrons. The zero-order chi connectivity index (χ0) is 28.6. The molecule has 0 amide bonds. The van der Waals surface area contributed by atoms with E-state index in [0.29, 0.717) is 23.8 Å². The van der Waals surface area contributed by atoms with Gasteiger partial charge in [0.15, 0.2) is 0 Å². The smallest absolute Gasteiger partial charge is 0.123 e. The highest BCUT2D eigenvalue weighted by molar-refractivity contribution is 7.98. The fourth-order valence-corrected chi connectivity index (χ4v) is 8.14. The molecule has 6 nitrogen and oxygen atoms in total. The molecule has 4 bridgehead atoms. The minimum absolute atomic E-state index is 0.00919. The number of hydrogen-bond acceptors (Lipinski definition) is 7. The third-order valence-corrected chi connectivity index (χ3v) is 10.2. The average Bonchev–Trinajstić information content (AvgIpc) is 2.96. The van der Waals surface area contributed by atoms with Crippen molar-refractivity contribution in [3.63, 3.8) is 0 Å². The SMILES string of the molecule is Cc1cccc(C)c1C1CC2NC(NSC3CCCC(C3)CN(CCOCc3ccccc3)[C@H](CC(C)C)CO2)N1. The van der Waals surface area contributed by atoms with E-state index < -0.39 is 0 Å². The third kappa shape index (κ3) is 9.02. The van der Waals surface area contributed by atoms with Gasteiger partial charge in [0.25, 0.3) is 0 Å². The summed E-state index contributed by atoms with van der Waals surface area (Å²) in [5.74, 6) is 1.33. The van der Waals surface area contributed by atoms with E-state index in [4.69, 9.17) is 9.47 Å². The van der Waals surface area contributed by atoms with E-state index in [1.54, 1.807) is 0 Å². The van der Waals surface area contributed by atoms with Crippen LogP contribution in [0.15, 0.2) is 48.5 Å². The second-order valence-electron chi connectivity index (χ2n) is 12.9. The molecule has 5 rings (SSSR count). The Hall–Kier alpha value is -1.45. The predicted octanol–water partition coefficient (Wildman–Crippen LogP) is 6.30. The summed E-state index contributed by atoms with van der Waals surface area (Å²) in [4.78, 5) is 2.72. The van der Waals surface area contributed by atoms with Crippen molar-refractivity contribution in [1.29, 1.82) is 0 Å². The van der Waals surface area contributed by atoms with E-state index in [0.717, 1.165) is 45.1 Å². The topological polar surface area (TPSA) is 57.8 Å². The number of fused-ring (bicyclic) bond motifs is 4. The highest BCUT2D eigenvalue weighted by Gasteiger charge is 2.34. The largest absolute Gasteiger partial charge is 0.375 e. The van der Waals surface area contributed by atoms with Gasteiger partial charge in [-0.1, -0.05) is 80.7 Å². The molecule has 3 aliphatic rings. The zero-order valence-corrected chi connectivity index (χ0v) is 26.4. The normalized spacial score (nSPS) is 29.9. The minimum Gasteiger partial charge on any atom is -0.375 e. The molecule has 0 aromatic heterocycles. The van der Waals surface area contributed by atoms with Crippen LogP contribution in [0.3, 0.4) is 0 Å². The zero-order valence-electron chi connectivity index (χ0n) is 25.6. The van der Waals surface area contributed by atoms with Crippen LogP contribution >= 0.6 is 11.9 Å². The van der Waals surface area contributed by atoms with E-state index in [9.17, 15) is 0 Å². The van der Waals surface area contributed by atoms with Crippen molar-refractivity contribution < 1.29 is 9.47 Å². The molecule has 2 aromatic carbocycles. The lowest BCUT2D eigenvalue weighted by molar-refractivity contribution is -0.0506. The van der Waals surface area contributed by atoms with Crippen molar-refractivity contribution in [3.8, 4) is 0 Å². The van der Waals surface area contributed by atoms with Crippen LogP contribution in [0.25, 0.3) is 0 Å². The fraction of sp³-hybridized carbons (Fsp3) is 0.647. The summed E-state index contributed by atoms with van der Waals surface area (Å²) in [6.07, 6.45) is 7.24. The summed E-state index contributed by atoms with van der Waals surface area (Å²) in [6, 6.07) is 17.8. The molecule has 1 aliphatic carbocycles. The van der Waals surface area contributed by atoms with Crippen molar-refractivity contribution >= 4 is 11.9 Å². The van der Waals surface area contributed by atoms with E-state index in [1.165, 1.54) is 47.9 Å². The lowest BCUT2D eigenvalue weighted by atomic mass is 9.88. The predicted molar refractivity (Wildman–Crippen MR) is 170 cm³/mol. The summed E-state index contributed by atoms with van der Waals surface area (Å²) < 4.78 is 16.8. The van der Waals surface area contributed by atoms with Crippen LogP contribution in [-0.2, 0) is 16.1 Å². The van der Waals surface area contributed by atoms with Gasteiger partial charge in [0.2, 0.25) is 0 Å². The molecule has 41 heavy (non-hydrogen) atoms. The highest BCUT2D eigenvalue weighted by Crippen LogP contribution is 2.34. The molecule has 1 saturated carbocycles. The Morgan fingerprint density at radius 3 is 2.59 bits per heavy atom. The first-order valence-electron chi connectivity index (χ1n) is 15.9. The maximum Gasteiger partial charge on any atom is 0.123 e. The molecular formula is C34H52N4O2S. The van der Waals surface area contributed by atoms with Gasteiger partial charge in [0.1, 0.15) is 12.5 Å². The summed E-state index contributed by atoms with van der Waals surface area (Å²) in [5, 5.41) is 8.27. The number of nitrogens with one attached hydrogen (secondary N) is 3. The summed E-state index contributed by atoms with van der Waals surface area (Å²) in [7, 11) is 0. The first-order valence-corrected chi connectivity index (χ1v) is 16.8. The first-order chi connectivity index (χ1) is 19.9. The molecule has 3 N–H and O–H groups in total. The van der Waals surface area contributed by atoms with Gasteiger partial charge in [-0.25, -0.2) is 4.72 Å². The number of hydrogen-bond donors (Lipinski definition) is 3. The quantitative estimate of drug-likeness (QED) is 0.250. The molecule has 3 fully saturated rings. The second kappa shape index (κ2) is 15.3. The van der Waals surface area contributed by atoms with Crippen LogP contribution in [0, 0.1) is 25.7 Å². The number of ether oxygens (including phenoxy) is 2.